The van der Waals surface area contributed by atoms with Crippen LogP contribution in [0.3, 0.4) is 0 Å². The van der Waals surface area contributed by atoms with Crippen molar-refractivity contribution in [3.8, 4) is 0 Å². The molecule has 4 heteroatoms. The van der Waals surface area contributed by atoms with E-state index >= 15 is 0 Å². The Morgan fingerprint density at radius 3 is 2.81 bits per heavy atom. The van der Waals surface area contributed by atoms with Crippen molar-refractivity contribution in [2.45, 2.75) is 50.1 Å². The van der Waals surface area contributed by atoms with Gasteiger partial charge in [0.2, 0.25) is 0 Å². The summed E-state index contributed by atoms with van der Waals surface area (Å²) in [5.41, 5.74) is 0. The van der Waals surface area contributed by atoms with E-state index in [-0.39, 0.29) is 5.82 Å². The van der Waals surface area contributed by atoms with Gasteiger partial charge in [0.25, 0.3) is 0 Å². The van der Waals surface area contributed by atoms with E-state index in [1.54, 1.807) is 17.8 Å². The molecule has 1 fully saturated rings. The Kier molecular flexibility index (Phi) is 7.00. The average Bonchev–Trinajstić information content (AvgIpc) is 2.49. The van der Waals surface area contributed by atoms with E-state index in [1.807, 2.05) is 12.1 Å². The van der Waals surface area contributed by atoms with Gasteiger partial charge in [-0.05, 0) is 45.4 Å². The van der Waals surface area contributed by atoms with Crippen molar-refractivity contribution in [1.29, 1.82) is 0 Å². The summed E-state index contributed by atoms with van der Waals surface area (Å²) in [6.45, 7) is 7.76. The molecule has 1 aliphatic rings. The van der Waals surface area contributed by atoms with Crippen LogP contribution >= 0.6 is 11.8 Å². The maximum Gasteiger partial charge on any atom is 0.136 e. The molecule has 21 heavy (non-hydrogen) atoms. The Bertz CT molecular complexity index is 419. The van der Waals surface area contributed by atoms with E-state index in [0.717, 1.165) is 30.3 Å². The molecule has 0 aliphatic carbocycles. The lowest BCUT2D eigenvalue weighted by atomic mass is 10.0. The number of halogens is 1. The van der Waals surface area contributed by atoms with Crippen molar-refractivity contribution in [2.75, 3.05) is 25.4 Å². The van der Waals surface area contributed by atoms with Crippen molar-refractivity contribution in [3.63, 3.8) is 0 Å². The molecule has 0 radical (unpaired) electrons. The Balaban J connectivity index is 1.78. The average molecular weight is 310 g/mol. The minimum atomic E-state index is -0.104. The fourth-order valence-electron chi connectivity index (χ4n) is 2.76. The van der Waals surface area contributed by atoms with Gasteiger partial charge in [-0.1, -0.05) is 18.6 Å². The molecule has 1 N–H and O–H groups in total. The predicted octanol–water partition coefficient (Wildman–Crippen LogP) is 3.77. The summed E-state index contributed by atoms with van der Waals surface area (Å²) in [6.07, 6.45) is 3.93. The molecule has 0 amide bonds. The molecule has 2 rings (SSSR count). The van der Waals surface area contributed by atoms with Gasteiger partial charge in [-0.3, -0.25) is 4.90 Å². The lowest BCUT2D eigenvalue weighted by molar-refractivity contribution is 0.195. The van der Waals surface area contributed by atoms with Gasteiger partial charge >= 0.3 is 0 Å². The first kappa shape index (κ1) is 16.8. The molecule has 1 aliphatic heterocycles. The third kappa shape index (κ3) is 5.61. The number of nitrogens with one attached hydrogen (secondary N) is 1. The molecule has 1 saturated heterocycles. The Hall–Kier alpha value is -0.580. The number of piperidine rings is 1. The van der Waals surface area contributed by atoms with E-state index < -0.39 is 0 Å². The van der Waals surface area contributed by atoms with Gasteiger partial charge < -0.3 is 5.32 Å². The standard InChI is InChI=1S/C17H27FN2S/c1-14(2)20(13-15-7-5-6-10-19-15)11-12-21-17-9-4-3-8-16(17)18/h3-4,8-9,14-15,19H,5-7,10-13H2,1-2H3. The van der Waals surface area contributed by atoms with Crippen LogP contribution in [0.5, 0.6) is 0 Å². The van der Waals surface area contributed by atoms with E-state index in [4.69, 9.17) is 0 Å². The van der Waals surface area contributed by atoms with Crippen LogP contribution in [0.25, 0.3) is 0 Å². The summed E-state index contributed by atoms with van der Waals surface area (Å²) in [4.78, 5) is 3.27. The van der Waals surface area contributed by atoms with Gasteiger partial charge in [0.1, 0.15) is 5.82 Å². The van der Waals surface area contributed by atoms with E-state index in [0.29, 0.717) is 12.1 Å². The Labute approximate surface area is 132 Å². The molecule has 2 nitrogen and oxygen atoms in total. The third-order valence-electron chi connectivity index (χ3n) is 4.07. The lowest BCUT2D eigenvalue weighted by Gasteiger charge is -2.33. The maximum absolute atomic E-state index is 13.6. The molecule has 0 bridgehead atoms. The van der Waals surface area contributed by atoms with Crippen LogP contribution in [0.1, 0.15) is 33.1 Å². The van der Waals surface area contributed by atoms with Crippen molar-refractivity contribution >= 4 is 11.8 Å². The van der Waals surface area contributed by atoms with Crippen LogP contribution in [-0.4, -0.2) is 42.4 Å². The van der Waals surface area contributed by atoms with Crippen LogP contribution in [0.4, 0.5) is 4.39 Å². The molecule has 0 saturated carbocycles. The topological polar surface area (TPSA) is 15.3 Å². The largest absolute Gasteiger partial charge is 0.313 e. The third-order valence-corrected chi connectivity index (χ3v) is 5.10. The second kappa shape index (κ2) is 8.76. The van der Waals surface area contributed by atoms with Crippen LogP contribution in [0.2, 0.25) is 0 Å². The quantitative estimate of drug-likeness (QED) is 0.772. The van der Waals surface area contributed by atoms with Gasteiger partial charge in [0, 0.05) is 35.8 Å². The Morgan fingerprint density at radius 1 is 1.33 bits per heavy atom. The van der Waals surface area contributed by atoms with E-state index in [1.165, 1.54) is 25.3 Å². The maximum atomic E-state index is 13.6. The number of rotatable bonds is 7. The van der Waals surface area contributed by atoms with Crippen molar-refractivity contribution in [2.24, 2.45) is 0 Å². The summed E-state index contributed by atoms with van der Waals surface area (Å²) < 4.78 is 13.6. The van der Waals surface area contributed by atoms with Crippen LogP contribution in [0.15, 0.2) is 29.2 Å². The van der Waals surface area contributed by atoms with Gasteiger partial charge in [0.15, 0.2) is 0 Å². The molecule has 1 unspecified atom stereocenters. The van der Waals surface area contributed by atoms with Crippen molar-refractivity contribution in [1.82, 2.24) is 10.2 Å². The molecule has 1 heterocycles. The lowest BCUT2D eigenvalue weighted by Crippen LogP contribution is -2.46. The number of thioether (sulfide) groups is 1. The second-order valence-corrected chi connectivity index (χ2v) is 7.15. The highest BCUT2D eigenvalue weighted by atomic mass is 32.2. The molecule has 0 aromatic heterocycles. The zero-order valence-electron chi connectivity index (χ0n) is 13.1. The van der Waals surface area contributed by atoms with Crippen LogP contribution in [-0.2, 0) is 0 Å². The first-order valence-corrected chi connectivity index (χ1v) is 9.00. The van der Waals surface area contributed by atoms with Gasteiger partial charge in [0.05, 0.1) is 0 Å². The molecule has 1 atom stereocenters. The number of nitrogens with zero attached hydrogens (tertiary/aromatic N) is 1. The smallest absolute Gasteiger partial charge is 0.136 e. The van der Waals surface area contributed by atoms with Crippen molar-refractivity contribution < 1.29 is 4.39 Å². The fourth-order valence-corrected chi connectivity index (χ4v) is 3.68. The van der Waals surface area contributed by atoms with Gasteiger partial charge in [-0.15, -0.1) is 11.8 Å². The predicted molar refractivity (Wildman–Crippen MR) is 89.5 cm³/mol. The number of hydrogen-bond acceptors (Lipinski definition) is 3. The van der Waals surface area contributed by atoms with Crippen LogP contribution < -0.4 is 5.32 Å². The highest BCUT2D eigenvalue weighted by Gasteiger charge is 2.18. The second-order valence-electron chi connectivity index (χ2n) is 6.01. The molecular weight excluding hydrogens is 283 g/mol. The summed E-state index contributed by atoms with van der Waals surface area (Å²) >= 11 is 1.62. The summed E-state index contributed by atoms with van der Waals surface area (Å²) in [5, 5.41) is 3.61. The molecule has 0 spiro atoms. The SMILES string of the molecule is CC(C)N(CCSc1ccccc1F)CC1CCCCN1. The Morgan fingerprint density at radius 2 is 2.14 bits per heavy atom. The number of hydrogen-bond donors (Lipinski definition) is 1. The highest BCUT2D eigenvalue weighted by molar-refractivity contribution is 7.99. The minimum Gasteiger partial charge on any atom is -0.313 e. The minimum absolute atomic E-state index is 0.104. The fraction of sp³-hybridized carbons (Fsp3) is 0.647. The summed E-state index contributed by atoms with van der Waals surface area (Å²) in [5.74, 6) is 0.832. The molecule has 1 aromatic rings. The summed E-state index contributed by atoms with van der Waals surface area (Å²) in [7, 11) is 0. The first-order chi connectivity index (χ1) is 10.2. The monoisotopic (exact) mass is 310 g/mol. The zero-order chi connectivity index (χ0) is 15.1. The first-order valence-electron chi connectivity index (χ1n) is 8.01. The van der Waals surface area contributed by atoms with Crippen LogP contribution in [0, 0.1) is 5.82 Å². The molecule has 1 aromatic carbocycles. The van der Waals surface area contributed by atoms with E-state index in [9.17, 15) is 4.39 Å². The van der Waals surface area contributed by atoms with Crippen molar-refractivity contribution in [3.05, 3.63) is 30.1 Å². The highest BCUT2D eigenvalue weighted by Crippen LogP contribution is 2.21. The number of benzene rings is 1. The van der Waals surface area contributed by atoms with Gasteiger partial charge in [-0.25, -0.2) is 4.39 Å². The molecular formula is C17H27FN2S. The van der Waals surface area contributed by atoms with Gasteiger partial charge in [-0.2, -0.15) is 0 Å². The van der Waals surface area contributed by atoms with E-state index in [2.05, 4.69) is 24.1 Å². The summed E-state index contributed by atoms with van der Waals surface area (Å²) in [6, 6.07) is 8.21. The normalized spacial score (nSPS) is 19.4. The molecule has 118 valence electrons. The zero-order valence-corrected chi connectivity index (χ0v) is 14.0.